The summed E-state index contributed by atoms with van der Waals surface area (Å²) < 4.78 is 9.58. The van der Waals surface area contributed by atoms with Gasteiger partial charge in [0.05, 0.1) is 44.8 Å². The summed E-state index contributed by atoms with van der Waals surface area (Å²) in [6.07, 6.45) is 0.379. The monoisotopic (exact) mass is 1240 g/mol. The van der Waals surface area contributed by atoms with Crippen molar-refractivity contribution >= 4 is 96.9 Å². The van der Waals surface area contributed by atoms with E-state index in [2.05, 4.69) is 352 Å². The minimum atomic E-state index is -0.357. The van der Waals surface area contributed by atoms with Gasteiger partial charge in [0, 0.05) is 87.2 Å². The molecule has 96 heavy (non-hydrogen) atoms. The third-order valence-electron chi connectivity index (χ3n) is 20.2. The van der Waals surface area contributed by atoms with Crippen LogP contribution in [-0.4, -0.2) is 13.7 Å². The Morgan fingerprint density at radius 3 is 1.10 bits per heavy atom. The molecule has 0 spiro atoms. The topological polar surface area (TPSA) is 62.6 Å². The highest BCUT2D eigenvalue weighted by Gasteiger charge is 2.38. The molecule has 7 heteroatoms. The number of nitriles is 1. The highest BCUT2D eigenvalue weighted by Crippen LogP contribution is 2.56. The average Bonchev–Trinajstić information content (AvgIpc) is 0.841. The Bertz CT molecular complexity index is 5920. The number of benzene rings is 14. The fourth-order valence-electron chi connectivity index (χ4n) is 16.1. The number of nitrogens with zero attached hydrogens (tertiary/aromatic N) is 4. The Hall–Kier alpha value is -11.9. The summed E-state index contributed by atoms with van der Waals surface area (Å²) in [4.78, 5) is 0. The van der Waals surface area contributed by atoms with Gasteiger partial charge < -0.3 is 13.7 Å². The SMILES string of the molecule is N#Cc1c(-c2ccc(-n3c4ccccc4c4ccccc43)cc2)c(-c2ccc(-n3c4ccccc4c4ccccc43)cc2)c(-c2ccc(-n3c4ccccc4c4ccccc43)cc2)c(-c2cccc3sc4ccccc4c23)c1C1CC(c2ccccc2)NC(c2ccccc2)N1. The van der Waals surface area contributed by atoms with Gasteiger partial charge in [-0.05, 0) is 147 Å². The number of thiophene rings is 1. The zero-order chi connectivity index (χ0) is 63.4. The molecule has 0 amide bonds. The largest absolute Gasteiger partial charge is 0.309 e. The summed E-state index contributed by atoms with van der Waals surface area (Å²) in [5.74, 6) is 0. The molecule has 6 nitrogen and oxygen atoms in total. The van der Waals surface area contributed by atoms with E-state index in [4.69, 9.17) is 0 Å². The minimum absolute atomic E-state index is 0.0872. The van der Waals surface area contributed by atoms with Crippen LogP contribution in [0, 0.1) is 11.3 Å². The molecule has 3 atom stereocenters. The quantitative estimate of drug-likeness (QED) is 0.143. The summed E-state index contributed by atoms with van der Waals surface area (Å²) in [6, 6.07) is 120. The number of rotatable bonds is 10. The van der Waals surface area contributed by atoms with Crippen LogP contribution in [0.15, 0.2) is 322 Å². The summed E-state index contributed by atoms with van der Waals surface area (Å²) in [6.45, 7) is 0. The van der Waals surface area contributed by atoms with Crippen molar-refractivity contribution in [1.82, 2.24) is 24.3 Å². The highest BCUT2D eigenvalue weighted by molar-refractivity contribution is 7.26. The van der Waals surface area contributed by atoms with Crippen molar-refractivity contribution < 1.29 is 0 Å². The van der Waals surface area contributed by atoms with Crippen LogP contribution >= 0.6 is 11.3 Å². The number of hydrogen-bond donors (Lipinski definition) is 2. The van der Waals surface area contributed by atoms with Gasteiger partial charge in [-0.3, -0.25) is 10.6 Å². The van der Waals surface area contributed by atoms with E-state index in [0.29, 0.717) is 12.0 Å². The van der Waals surface area contributed by atoms with E-state index in [1.807, 2.05) is 11.3 Å². The van der Waals surface area contributed by atoms with E-state index >= 15 is 0 Å². The smallest absolute Gasteiger partial charge is 0.100 e. The van der Waals surface area contributed by atoms with Crippen molar-refractivity contribution in [3.8, 4) is 67.6 Å². The van der Waals surface area contributed by atoms with E-state index < -0.39 is 0 Å². The van der Waals surface area contributed by atoms with E-state index in [0.717, 1.165) is 106 Å². The van der Waals surface area contributed by atoms with Crippen LogP contribution in [0.25, 0.3) is 147 Å². The number of nitrogens with one attached hydrogen (secondary N) is 2. The molecule has 1 aliphatic heterocycles. The van der Waals surface area contributed by atoms with Gasteiger partial charge >= 0.3 is 0 Å². The third-order valence-corrected chi connectivity index (χ3v) is 21.3. The lowest BCUT2D eigenvalue weighted by molar-refractivity contribution is 0.248. The molecule has 452 valence electrons. The van der Waals surface area contributed by atoms with Crippen LogP contribution in [0.2, 0.25) is 0 Å². The Balaban J connectivity index is 0.949. The first-order chi connectivity index (χ1) is 47.6. The Morgan fingerprint density at radius 2 is 0.667 bits per heavy atom. The van der Waals surface area contributed by atoms with Crippen molar-refractivity contribution in [3.05, 3.63) is 344 Å². The van der Waals surface area contributed by atoms with Gasteiger partial charge in [0.15, 0.2) is 0 Å². The van der Waals surface area contributed by atoms with Gasteiger partial charge in [-0.1, -0.05) is 237 Å². The molecule has 4 aromatic heterocycles. The molecular formula is C89H60N6S. The lowest BCUT2D eigenvalue weighted by atomic mass is 9.74. The molecule has 0 aliphatic carbocycles. The third kappa shape index (κ3) is 8.85. The van der Waals surface area contributed by atoms with Crippen LogP contribution in [0.5, 0.6) is 0 Å². The molecule has 2 N–H and O–H groups in total. The molecule has 5 heterocycles. The number of fused-ring (bicyclic) bond motifs is 12. The van der Waals surface area contributed by atoms with E-state index in [9.17, 15) is 5.26 Å². The molecule has 1 aliphatic rings. The van der Waals surface area contributed by atoms with Gasteiger partial charge in [0.25, 0.3) is 0 Å². The number of aromatic nitrogens is 3. The van der Waals surface area contributed by atoms with Crippen molar-refractivity contribution in [2.45, 2.75) is 24.7 Å². The number of para-hydroxylation sites is 6. The van der Waals surface area contributed by atoms with Gasteiger partial charge in [0.1, 0.15) is 6.07 Å². The highest BCUT2D eigenvalue weighted by atomic mass is 32.1. The molecular weight excluding hydrogens is 1190 g/mol. The summed E-state index contributed by atoms with van der Waals surface area (Å²) in [5.41, 5.74) is 22.0. The summed E-state index contributed by atoms with van der Waals surface area (Å²) >= 11 is 1.83. The van der Waals surface area contributed by atoms with E-state index in [1.54, 1.807) is 0 Å². The molecule has 3 unspecified atom stereocenters. The molecule has 0 saturated carbocycles. The molecule has 18 aromatic rings. The zero-order valence-corrected chi connectivity index (χ0v) is 53.1. The summed E-state index contributed by atoms with van der Waals surface area (Å²) in [5, 5.41) is 30.9. The van der Waals surface area contributed by atoms with Crippen molar-refractivity contribution in [2.75, 3.05) is 0 Å². The maximum absolute atomic E-state index is 12.9. The van der Waals surface area contributed by atoms with E-state index in [-0.39, 0.29) is 18.2 Å². The fraction of sp³-hybridized carbons (Fsp3) is 0.0449. The maximum Gasteiger partial charge on any atom is 0.100 e. The lowest BCUT2D eigenvalue weighted by Gasteiger charge is -2.40. The Morgan fingerprint density at radius 1 is 0.312 bits per heavy atom. The predicted octanol–water partition coefficient (Wildman–Crippen LogP) is 22.9. The molecule has 0 radical (unpaired) electrons. The fourth-order valence-corrected chi connectivity index (χ4v) is 17.2. The first-order valence-corrected chi connectivity index (χ1v) is 33.9. The Kier molecular flexibility index (Phi) is 13.2. The second-order valence-corrected chi connectivity index (χ2v) is 26.4. The van der Waals surface area contributed by atoms with Gasteiger partial charge in [-0.25, -0.2) is 0 Å². The molecule has 1 saturated heterocycles. The summed E-state index contributed by atoms with van der Waals surface area (Å²) in [7, 11) is 0. The standard InChI is InChI=1S/C89H60N6S/c90-55-72-83(57-42-48-61(49-43-57)93-75-34-14-7-26-64(75)65-27-8-15-35-76(65)93)84(58-44-50-62(51-45-58)94-77-36-16-9-28-66(77)67-29-10-17-37-78(67)94)85(59-46-52-63(53-47-59)95-79-38-18-11-30-68(79)69-31-12-19-39-80(69)95)88(71-33-21-41-82-86(71)70-32-13-20-40-81(70)96-82)87(72)74-54-73(56-22-3-1-4-23-56)91-89(92-74)60-24-5-2-6-25-60/h1-53,73-74,89,91-92H,54H2. The predicted molar refractivity (Wildman–Crippen MR) is 401 cm³/mol. The van der Waals surface area contributed by atoms with Crippen molar-refractivity contribution in [2.24, 2.45) is 0 Å². The van der Waals surface area contributed by atoms with Crippen LogP contribution in [0.1, 0.15) is 46.9 Å². The molecule has 0 bridgehead atoms. The number of hydrogen-bond acceptors (Lipinski definition) is 4. The molecule has 19 rings (SSSR count). The van der Waals surface area contributed by atoms with Crippen LogP contribution in [0.3, 0.4) is 0 Å². The van der Waals surface area contributed by atoms with Crippen molar-refractivity contribution in [3.63, 3.8) is 0 Å². The van der Waals surface area contributed by atoms with Crippen molar-refractivity contribution in [1.29, 1.82) is 5.26 Å². The van der Waals surface area contributed by atoms with Gasteiger partial charge in [-0.15, -0.1) is 11.3 Å². The molecule has 14 aromatic carbocycles. The second-order valence-electron chi connectivity index (χ2n) is 25.4. The first-order valence-electron chi connectivity index (χ1n) is 33.1. The Labute approximate surface area is 559 Å². The van der Waals surface area contributed by atoms with Crippen LogP contribution in [0.4, 0.5) is 0 Å². The zero-order valence-electron chi connectivity index (χ0n) is 52.2. The normalized spacial score (nSPS) is 15.1. The first kappa shape index (κ1) is 55.7. The van der Waals surface area contributed by atoms with Crippen LogP contribution < -0.4 is 10.6 Å². The van der Waals surface area contributed by atoms with Gasteiger partial charge in [0.2, 0.25) is 0 Å². The maximum atomic E-state index is 12.9. The molecule has 1 fully saturated rings. The van der Waals surface area contributed by atoms with E-state index in [1.165, 1.54) is 58.1 Å². The average molecular weight is 1250 g/mol. The van der Waals surface area contributed by atoms with Crippen LogP contribution in [-0.2, 0) is 0 Å². The van der Waals surface area contributed by atoms with Gasteiger partial charge in [-0.2, -0.15) is 5.26 Å². The minimum Gasteiger partial charge on any atom is -0.309 e. The lowest BCUT2D eigenvalue weighted by Crippen LogP contribution is -2.45. The second kappa shape index (κ2) is 22.7.